The summed E-state index contributed by atoms with van der Waals surface area (Å²) in [5.41, 5.74) is 0.753. The van der Waals surface area contributed by atoms with Gasteiger partial charge in [0, 0.05) is 24.2 Å². The van der Waals surface area contributed by atoms with Gasteiger partial charge in [0.15, 0.2) is 0 Å². The van der Waals surface area contributed by atoms with E-state index in [0.29, 0.717) is 6.04 Å². The highest BCUT2D eigenvalue weighted by Crippen LogP contribution is 2.16. The molecule has 0 bridgehead atoms. The summed E-state index contributed by atoms with van der Waals surface area (Å²) in [6.07, 6.45) is 3.80. The van der Waals surface area contributed by atoms with E-state index in [2.05, 4.69) is 10.6 Å². The van der Waals surface area contributed by atoms with Crippen molar-refractivity contribution >= 4 is 0 Å². The molecular formula is C14H21FN2. The maximum Gasteiger partial charge on any atom is 0.127 e. The Hall–Kier alpha value is -0.930. The molecule has 0 aromatic heterocycles. The quantitative estimate of drug-likeness (QED) is 0.839. The van der Waals surface area contributed by atoms with Crippen LogP contribution in [0.25, 0.3) is 0 Å². The summed E-state index contributed by atoms with van der Waals surface area (Å²) in [5.74, 6) is -0.121. The van der Waals surface area contributed by atoms with Crippen LogP contribution in [0.1, 0.15) is 37.8 Å². The van der Waals surface area contributed by atoms with E-state index in [1.54, 1.807) is 6.07 Å². The average molecular weight is 236 g/mol. The zero-order valence-electron chi connectivity index (χ0n) is 10.4. The standard InChI is InChI=1S/C14H21FN2/c1-11(13-7-2-3-8-14(13)15)17-10-12-6-4-5-9-16-12/h2-3,7-8,11-12,16-17H,4-6,9-10H2,1H3. The Labute approximate surface area is 103 Å². The number of hydrogen-bond acceptors (Lipinski definition) is 2. The largest absolute Gasteiger partial charge is 0.313 e. The molecule has 1 aromatic rings. The van der Waals surface area contributed by atoms with Gasteiger partial charge in [0.25, 0.3) is 0 Å². The first-order chi connectivity index (χ1) is 8.27. The molecule has 2 rings (SSSR count). The van der Waals surface area contributed by atoms with E-state index < -0.39 is 0 Å². The van der Waals surface area contributed by atoms with Crippen molar-refractivity contribution in [2.24, 2.45) is 0 Å². The second kappa shape index (κ2) is 6.12. The van der Waals surface area contributed by atoms with Gasteiger partial charge in [-0.2, -0.15) is 0 Å². The van der Waals surface area contributed by atoms with Gasteiger partial charge >= 0.3 is 0 Å². The Morgan fingerprint density at radius 1 is 1.41 bits per heavy atom. The van der Waals surface area contributed by atoms with Crippen LogP contribution in [0.3, 0.4) is 0 Å². The number of rotatable bonds is 4. The fraction of sp³-hybridized carbons (Fsp3) is 0.571. The van der Waals surface area contributed by atoms with Crippen LogP contribution in [-0.4, -0.2) is 19.1 Å². The van der Waals surface area contributed by atoms with Gasteiger partial charge in [-0.3, -0.25) is 0 Å². The first-order valence-corrected chi connectivity index (χ1v) is 6.48. The monoisotopic (exact) mass is 236 g/mol. The van der Waals surface area contributed by atoms with E-state index in [9.17, 15) is 4.39 Å². The fourth-order valence-corrected chi connectivity index (χ4v) is 2.35. The highest BCUT2D eigenvalue weighted by Gasteiger charge is 2.15. The lowest BCUT2D eigenvalue weighted by atomic mass is 10.0. The minimum absolute atomic E-state index is 0.0694. The summed E-state index contributed by atoms with van der Waals surface area (Å²) >= 11 is 0. The van der Waals surface area contributed by atoms with Gasteiger partial charge in [0.2, 0.25) is 0 Å². The molecular weight excluding hydrogens is 215 g/mol. The van der Waals surface area contributed by atoms with Crippen LogP contribution in [0.4, 0.5) is 4.39 Å². The average Bonchev–Trinajstić information content (AvgIpc) is 2.38. The minimum atomic E-state index is -0.121. The molecule has 2 unspecified atom stereocenters. The van der Waals surface area contributed by atoms with E-state index in [1.165, 1.54) is 25.3 Å². The first-order valence-electron chi connectivity index (χ1n) is 6.48. The lowest BCUT2D eigenvalue weighted by Crippen LogP contribution is -2.42. The molecule has 1 heterocycles. The molecule has 1 saturated heterocycles. The van der Waals surface area contributed by atoms with Crippen LogP contribution in [0.15, 0.2) is 24.3 Å². The Bertz CT molecular complexity index is 348. The summed E-state index contributed by atoms with van der Waals surface area (Å²) in [6.45, 7) is 4.04. The maximum atomic E-state index is 13.5. The van der Waals surface area contributed by atoms with Crippen molar-refractivity contribution < 1.29 is 4.39 Å². The zero-order valence-corrected chi connectivity index (χ0v) is 10.4. The second-order valence-electron chi connectivity index (χ2n) is 4.80. The van der Waals surface area contributed by atoms with Crippen molar-refractivity contribution in [3.05, 3.63) is 35.6 Å². The van der Waals surface area contributed by atoms with E-state index in [0.717, 1.165) is 18.7 Å². The molecule has 17 heavy (non-hydrogen) atoms. The molecule has 0 amide bonds. The van der Waals surface area contributed by atoms with Crippen molar-refractivity contribution in [2.75, 3.05) is 13.1 Å². The molecule has 1 aliphatic heterocycles. The predicted molar refractivity (Wildman–Crippen MR) is 68.5 cm³/mol. The number of hydrogen-bond donors (Lipinski definition) is 2. The first kappa shape index (κ1) is 12.5. The number of piperidine rings is 1. The molecule has 0 saturated carbocycles. The Balaban J connectivity index is 1.84. The number of nitrogens with one attached hydrogen (secondary N) is 2. The van der Waals surface area contributed by atoms with Crippen LogP contribution in [-0.2, 0) is 0 Å². The highest BCUT2D eigenvalue weighted by atomic mass is 19.1. The molecule has 2 nitrogen and oxygen atoms in total. The predicted octanol–water partition coefficient (Wildman–Crippen LogP) is 2.62. The molecule has 1 aromatic carbocycles. The molecule has 1 aliphatic rings. The van der Waals surface area contributed by atoms with Crippen molar-refractivity contribution in [1.29, 1.82) is 0 Å². The van der Waals surface area contributed by atoms with Crippen molar-refractivity contribution in [2.45, 2.75) is 38.3 Å². The Morgan fingerprint density at radius 2 is 2.24 bits per heavy atom. The summed E-state index contributed by atoms with van der Waals surface area (Å²) in [5, 5.41) is 6.89. The third-order valence-corrected chi connectivity index (χ3v) is 3.45. The third kappa shape index (κ3) is 3.51. The van der Waals surface area contributed by atoms with Gasteiger partial charge in [-0.25, -0.2) is 4.39 Å². The fourth-order valence-electron chi connectivity index (χ4n) is 2.35. The van der Waals surface area contributed by atoms with Crippen LogP contribution < -0.4 is 10.6 Å². The molecule has 3 heteroatoms. The molecule has 2 N–H and O–H groups in total. The highest BCUT2D eigenvalue weighted by molar-refractivity contribution is 5.20. The molecule has 0 radical (unpaired) electrons. The van der Waals surface area contributed by atoms with Gasteiger partial charge in [0.05, 0.1) is 0 Å². The summed E-state index contributed by atoms with van der Waals surface area (Å²) < 4.78 is 13.5. The van der Waals surface area contributed by atoms with Crippen molar-refractivity contribution in [1.82, 2.24) is 10.6 Å². The normalized spacial score (nSPS) is 22.4. The van der Waals surface area contributed by atoms with E-state index in [-0.39, 0.29) is 11.9 Å². The van der Waals surface area contributed by atoms with Gasteiger partial charge < -0.3 is 10.6 Å². The molecule has 1 fully saturated rings. The maximum absolute atomic E-state index is 13.5. The molecule has 94 valence electrons. The van der Waals surface area contributed by atoms with E-state index in [4.69, 9.17) is 0 Å². The minimum Gasteiger partial charge on any atom is -0.313 e. The van der Waals surface area contributed by atoms with Gasteiger partial charge in [0.1, 0.15) is 5.82 Å². The third-order valence-electron chi connectivity index (χ3n) is 3.45. The van der Waals surface area contributed by atoms with E-state index >= 15 is 0 Å². The van der Waals surface area contributed by atoms with Crippen molar-refractivity contribution in [3.63, 3.8) is 0 Å². The number of halogens is 1. The summed E-state index contributed by atoms with van der Waals surface area (Å²) in [6, 6.07) is 7.59. The lowest BCUT2D eigenvalue weighted by molar-refractivity contribution is 0.369. The van der Waals surface area contributed by atoms with Crippen LogP contribution in [0.2, 0.25) is 0 Å². The van der Waals surface area contributed by atoms with Crippen LogP contribution >= 0.6 is 0 Å². The van der Waals surface area contributed by atoms with Crippen LogP contribution in [0.5, 0.6) is 0 Å². The molecule has 0 aliphatic carbocycles. The van der Waals surface area contributed by atoms with Crippen LogP contribution in [0, 0.1) is 5.82 Å². The van der Waals surface area contributed by atoms with Crippen molar-refractivity contribution in [3.8, 4) is 0 Å². The SMILES string of the molecule is CC(NCC1CCCCN1)c1ccccc1F. The lowest BCUT2D eigenvalue weighted by Gasteiger charge is -2.25. The summed E-state index contributed by atoms with van der Waals surface area (Å²) in [4.78, 5) is 0. The number of benzene rings is 1. The van der Waals surface area contributed by atoms with Gasteiger partial charge in [-0.1, -0.05) is 24.6 Å². The molecule has 0 spiro atoms. The Morgan fingerprint density at radius 3 is 2.94 bits per heavy atom. The van der Waals surface area contributed by atoms with Gasteiger partial charge in [-0.05, 0) is 32.4 Å². The topological polar surface area (TPSA) is 24.1 Å². The smallest absolute Gasteiger partial charge is 0.127 e. The zero-order chi connectivity index (χ0) is 12.1. The summed E-state index contributed by atoms with van der Waals surface area (Å²) in [7, 11) is 0. The van der Waals surface area contributed by atoms with Gasteiger partial charge in [-0.15, -0.1) is 0 Å². The second-order valence-corrected chi connectivity index (χ2v) is 4.80. The molecule has 2 atom stereocenters. The van der Waals surface area contributed by atoms with E-state index in [1.807, 2.05) is 19.1 Å². The Kier molecular flexibility index (Phi) is 4.51.